The van der Waals surface area contributed by atoms with Gasteiger partial charge in [-0.15, -0.1) is 11.3 Å². The fourth-order valence-electron chi connectivity index (χ4n) is 4.01. The molecule has 5 rings (SSSR count). The maximum atomic E-state index is 11.9. The van der Waals surface area contributed by atoms with Gasteiger partial charge in [0.25, 0.3) is 5.91 Å². The number of nitrogens with one attached hydrogen (secondary N) is 1. The monoisotopic (exact) mass is 514 g/mol. The van der Waals surface area contributed by atoms with E-state index >= 15 is 0 Å². The van der Waals surface area contributed by atoms with Gasteiger partial charge in [-0.25, -0.2) is 9.67 Å². The number of methoxy groups -OCH3 is 1. The largest absolute Gasteiger partial charge is 0.507 e. The number of carbonyl (C=O) groups excluding carboxylic acids is 1. The molecule has 1 aliphatic rings. The minimum atomic E-state index is -0.197. The predicted molar refractivity (Wildman–Crippen MR) is 145 cm³/mol. The van der Waals surface area contributed by atoms with Gasteiger partial charge in [0.2, 0.25) is 4.80 Å². The zero-order valence-corrected chi connectivity index (χ0v) is 21.7. The fourth-order valence-corrected chi connectivity index (χ4v) is 4.85. The van der Waals surface area contributed by atoms with Crippen LogP contribution in [-0.2, 0) is 4.79 Å². The van der Waals surface area contributed by atoms with Crippen LogP contribution in [0.5, 0.6) is 17.2 Å². The summed E-state index contributed by atoms with van der Waals surface area (Å²) in [5.74, 6) is 1.05. The average molecular weight is 515 g/mol. The van der Waals surface area contributed by atoms with Crippen LogP contribution in [0, 0.1) is 13.8 Å². The summed E-state index contributed by atoms with van der Waals surface area (Å²) in [7, 11) is 1.55. The predicted octanol–water partition coefficient (Wildman–Crippen LogP) is 5.38. The molecular formula is C28H26N4O4S. The number of amides is 1. The molecule has 0 spiro atoms. The number of thiazole rings is 1. The number of ether oxygens (including phenoxy) is 2. The summed E-state index contributed by atoms with van der Waals surface area (Å²) in [6.07, 6.45) is 0. The number of rotatable bonds is 5. The van der Waals surface area contributed by atoms with Crippen LogP contribution in [0.4, 0.5) is 11.4 Å². The second kappa shape index (κ2) is 9.94. The zero-order chi connectivity index (χ0) is 26.1. The van der Waals surface area contributed by atoms with E-state index in [4.69, 9.17) is 19.6 Å². The molecule has 0 saturated heterocycles. The van der Waals surface area contributed by atoms with Gasteiger partial charge >= 0.3 is 0 Å². The van der Waals surface area contributed by atoms with Crippen LogP contribution >= 0.6 is 11.3 Å². The summed E-state index contributed by atoms with van der Waals surface area (Å²) in [4.78, 5) is 17.5. The second-order valence-electron chi connectivity index (χ2n) is 8.73. The van der Waals surface area contributed by atoms with Gasteiger partial charge < -0.3 is 19.9 Å². The molecule has 3 aromatic carbocycles. The number of fused-ring (bicyclic) bond motifs is 1. The molecule has 0 bridgehead atoms. The highest BCUT2D eigenvalue weighted by molar-refractivity contribution is 7.07. The maximum Gasteiger partial charge on any atom is 0.262 e. The summed E-state index contributed by atoms with van der Waals surface area (Å²) in [6.45, 7) is 5.88. The van der Waals surface area contributed by atoms with E-state index in [0.717, 1.165) is 28.1 Å². The molecule has 1 amide bonds. The van der Waals surface area contributed by atoms with Crippen LogP contribution in [0.3, 0.4) is 0 Å². The van der Waals surface area contributed by atoms with E-state index < -0.39 is 0 Å². The van der Waals surface area contributed by atoms with E-state index in [9.17, 15) is 9.90 Å². The number of anilines is 1. The summed E-state index contributed by atoms with van der Waals surface area (Å²) in [6, 6.07) is 16.9. The average Bonchev–Trinajstić information content (AvgIpc) is 3.27. The van der Waals surface area contributed by atoms with Crippen molar-refractivity contribution in [3.8, 4) is 28.5 Å². The highest BCUT2D eigenvalue weighted by Gasteiger charge is 2.18. The molecule has 37 heavy (non-hydrogen) atoms. The Bertz CT molecular complexity index is 1620. The molecule has 0 radical (unpaired) electrons. The Hall–Kier alpha value is -4.37. The van der Waals surface area contributed by atoms with Gasteiger partial charge in [0, 0.05) is 22.6 Å². The SMILES string of the molecule is COc1ccc(C(C)=Nn2c(-c3ccc4c(c3)NC(=O)CO4)csc2=Nc2cc(C)ccc2C)c(O)c1. The van der Waals surface area contributed by atoms with E-state index in [2.05, 4.69) is 11.4 Å². The first-order valence-corrected chi connectivity index (χ1v) is 12.5. The number of carbonyl (C=O) groups is 1. The van der Waals surface area contributed by atoms with Gasteiger partial charge in [-0.2, -0.15) is 5.10 Å². The van der Waals surface area contributed by atoms with Gasteiger partial charge in [0.1, 0.15) is 17.2 Å². The molecular weight excluding hydrogens is 488 g/mol. The number of aryl methyl sites for hydroxylation is 2. The smallest absolute Gasteiger partial charge is 0.262 e. The molecule has 188 valence electrons. The summed E-state index contributed by atoms with van der Waals surface area (Å²) >= 11 is 1.45. The van der Waals surface area contributed by atoms with Crippen molar-refractivity contribution in [1.29, 1.82) is 0 Å². The number of aromatic hydroxyl groups is 1. The minimum Gasteiger partial charge on any atom is -0.507 e. The lowest BCUT2D eigenvalue weighted by atomic mass is 10.1. The van der Waals surface area contributed by atoms with Crippen LogP contribution in [0.1, 0.15) is 23.6 Å². The van der Waals surface area contributed by atoms with Crippen molar-refractivity contribution < 1.29 is 19.4 Å². The molecule has 0 unspecified atom stereocenters. The molecule has 4 aromatic rings. The lowest BCUT2D eigenvalue weighted by Gasteiger charge is -2.18. The lowest BCUT2D eigenvalue weighted by molar-refractivity contribution is -0.118. The number of benzene rings is 3. The molecule has 0 aliphatic carbocycles. The van der Waals surface area contributed by atoms with Gasteiger partial charge in [0.15, 0.2) is 6.61 Å². The Kier molecular flexibility index (Phi) is 6.54. The van der Waals surface area contributed by atoms with Crippen LogP contribution in [0.15, 0.2) is 70.1 Å². The molecule has 0 saturated carbocycles. The third-order valence-corrected chi connectivity index (χ3v) is 6.84. The number of nitrogens with zero attached hydrogens (tertiary/aromatic N) is 3. The Labute approximate surface area is 218 Å². The lowest BCUT2D eigenvalue weighted by Crippen LogP contribution is -2.25. The number of phenols is 1. The summed E-state index contributed by atoms with van der Waals surface area (Å²) < 4.78 is 12.5. The quantitative estimate of drug-likeness (QED) is 0.349. The molecule has 8 nitrogen and oxygen atoms in total. The van der Waals surface area contributed by atoms with Gasteiger partial charge in [0.05, 0.1) is 29.9 Å². The Morgan fingerprint density at radius 2 is 1.97 bits per heavy atom. The number of phenolic OH excluding ortho intramolecular Hbond substituents is 1. The Balaban J connectivity index is 1.69. The van der Waals surface area contributed by atoms with Crippen molar-refractivity contribution in [1.82, 2.24) is 4.68 Å². The molecule has 0 fully saturated rings. The summed E-state index contributed by atoms with van der Waals surface area (Å²) in [5, 5.41) is 20.3. The second-order valence-corrected chi connectivity index (χ2v) is 9.57. The minimum absolute atomic E-state index is 0.00148. The third kappa shape index (κ3) is 4.99. The standard InChI is InChI=1S/C28H26N4O4S/c1-16-5-6-17(2)22(11-16)30-28-32(31-18(3)21-9-8-20(35-4)13-25(21)33)24(15-37-28)19-7-10-26-23(12-19)29-27(34)14-36-26/h5-13,15,33H,14H2,1-4H3,(H,29,34). The fraction of sp³-hybridized carbons (Fsp3) is 0.179. The first-order valence-electron chi connectivity index (χ1n) is 11.6. The summed E-state index contributed by atoms with van der Waals surface area (Å²) in [5.41, 5.74) is 6.41. The van der Waals surface area contributed by atoms with E-state index in [1.54, 1.807) is 30.0 Å². The molecule has 2 heterocycles. The van der Waals surface area contributed by atoms with E-state index in [1.807, 2.05) is 56.5 Å². The van der Waals surface area contributed by atoms with Crippen LogP contribution in [0.25, 0.3) is 11.3 Å². The first kappa shape index (κ1) is 24.3. The number of hydrogen-bond donors (Lipinski definition) is 2. The van der Waals surface area contributed by atoms with Crippen molar-refractivity contribution in [3.05, 3.63) is 81.5 Å². The molecule has 0 atom stereocenters. The van der Waals surface area contributed by atoms with Crippen molar-refractivity contribution in [2.75, 3.05) is 19.0 Å². The highest BCUT2D eigenvalue weighted by Crippen LogP contribution is 2.33. The third-order valence-electron chi connectivity index (χ3n) is 6.02. The molecule has 2 N–H and O–H groups in total. The van der Waals surface area contributed by atoms with Crippen molar-refractivity contribution in [2.45, 2.75) is 20.8 Å². The van der Waals surface area contributed by atoms with Crippen molar-refractivity contribution in [2.24, 2.45) is 10.1 Å². The van der Waals surface area contributed by atoms with E-state index in [0.29, 0.717) is 33.3 Å². The Morgan fingerprint density at radius 1 is 1.14 bits per heavy atom. The normalized spacial score (nSPS) is 13.7. The van der Waals surface area contributed by atoms with E-state index in [1.165, 1.54) is 11.3 Å². The van der Waals surface area contributed by atoms with Gasteiger partial charge in [-0.3, -0.25) is 4.79 Å². The highest BCUT2D eigenvalue weighted by atomic mass is 32.1. The van der Waals surface area contributed by atoms with Gasteiger partial charge in [-0.05, 0) is 68.3 Å². The van der Waals surface area contributed by atoms with E-state index in [-0.39, 0.29) is 18.3 Å². The molecule has 1 aromatic heterocycles. The van der Waals surface area contributed by atoms with Crippen molar-refractivity contribution >= 4 is 34.3 Å². The van der Waals surface area contributed by atoms with Crippen molar-refractivity contribution in [3.63, 3.8) is 0 Å². The topological polar surface area (TPSA) is 97.4 Å². The van der Waals surface area contributed by atoms with Gasteiger partial charge in [-0.1, -0.05) is 12.1 Å². The maximum absolute atomic E-state index is 11.9. The molecule has 1 aliphatic heterocycles. The molecule has 9 heteroatoms. The number of aromatic nitrogens is 1. The van der Waals surface area contributed by atoms with Crippen LogP contribution < -0.4 is 19.6 Å². The number of hydrogen-bond acceptors (Lipinski definition) is 7. The van der Waals surface area contributed by atoms with Crippen LogP contribution in [0.2, 0.25) is 0 Å². The van der Waals surface area contributed by atoms with Crippen LogP contribution in [-0.4, -0.2) is 35.1 Å². The zero-order valence-electron chi connectivity index (χ0n) is 20.9. The Morgan fingerprint density at radius 3 is 2.76 bits per heavy atom. The first-order chi connectivity index (χ1) is 17.8.